The molecular formula is C15H26. The molecule has 0 amide bonds. The Balaban J connectivity index is 1.90. The fraction of sp³-hybridized carbons (Fsp3) is 1.00. The molecule has 0 heterocycles. The summed E-state index contributed by atoms with van der Waals surface area (Å²) in [7, 11) is 0. The maximum Gasteiger partial charge on any atom is -0.0289 e. The summed E-state index contributed by atoms with van der Waals surface area (Å²) >= 11 is 0. The van der Waals surface area contributed by atoms with Crippen LogP contribution >= 0.6 is 0 Å². The van der Waals surface area contributed by atoms with Crippen molar-refractivity contribution in [1.82, 2.24) is 0 Å². The van der Waals surface area contributed by atoms with Gasteiger partial charge in [0.2, 0.25) is 0 Å². The predicted octanol–water partition coefficient (Wildman–Crippen LogP) is 4.35. The molecule has 86 valence electrons. The second-order valence-corrected chi connectivity index (χ2v) is 7.30. The standard InChI is InChI=1S/C15H26/c1-9-6-8-12-14(15(12,3)4)13-10(2)5-7-11(9)13/h9-14H,5-8H2,1-4H3/t9-,10-,11+,12-,13-,14-/m1/s1. The van der Waals surface area contributed by atoms with Gasteiger partial charge in [-0.15, -0.1) is 0 Å². The Morgan fingerprint density at radius 2 is 1.53 bits per heavy atom. The summed E-state index contributed by atoms with van der Waals surface area (Å²) in [5, 5.41) is 0. The van der Waals surface area contributed by atoms with Crippen molar-refractivity contribution in [2.75, 3.05) is 0 Å². The Morgan fingerprint density at radius 3 is 2.27 bits per heavy atom. The Labute approximate surface area is 94.8 Å². The van der Waals surface area contributed by atoms with Gasteiger partial charge in [-0.3, -0.25) is 0 Å². The lowest BCUT2D eigenvalue weighted by Gasteiger charge is -2.28. The molecular weight excluding hydrogens is 180 g/mol. The molecule has 15 heavy (non-hydrogen) atoms. The van der Waals surface area contributed by atoms with E-state index in [9.17, 15) is 0 Å². The van der Waals surface area contributed by atoms with Crippen LogP contribution in [-0.2, 0) is 0 Å². The second-order valence-electron chi connectivity index (χ2n) is 7.30. The van der Waals surface area contributed by atoms with E-state index in [1.165, 1.54) is 25.7 Å². The Bertz CT molecular complexity index is 265. The fourth-order valence-corrected chi connectivity index (χ4v) is 5.31. The molecule has 3 fully saturated rings. The third-order valence-corrected chi connectivity index (χ3v) is 6.32. The first kappa shape index (κ1) is 10.2. The van der Waals surface area contributed by atoms with Gasteiger partial charge in [-0.25, -0.2) is 0 Å². The van der Waals surface area contributed by atoms with Crippen molar-refractivity contribution in [2.24, 2.45) is 40.9 Å². The van der Waals surface area contributed by atoms with Crippen molar-refractivity contribution in [3.8, 4) is 0 Å². The average molecular weight is 206 g/mol. The lowest BCUT2D eigenvalue weighted by atomic mass is 9.77. The van der Waals surface area contributed by atoms with E-state index in [2.05, 4.69) is 27.7 Å². The van der Waals surface area contributed by atoms with Crippen LogP contribution in [0.4, 0.5) is 0 Å². The van der Waals surface area contributed by atoms with E-state index in [4.69, 9.17) is 0 Å². The molecule has 3 saturated carbocycles. The van der Waals surface area contributed by atoms with Crippen LogP contribution in [0.5, 0.6) is 0 Å². The minimum absolute atomic E-state index is 0.696. The molecule has 0 aromatic rings. The average Bonchev–Trinajstić information content (AvgIpc) is 2.55. The summed E-state index contributed by atoms with van der Waals surface area (Å²) in [5.41, 5.74) is 0.696. The Morgan fingerprint density at radius 1 is 0.867 bits per heavy atom. The summed E-state index contributed by atoms with van der Waals surface area (Å²) in [5.74, 6) is 6.37. The maximum absolute atomic E-state index is 2.53. The summed E-state index contributed by atoms with van der Waals surface area (Å²) in [4.78, 5) is 0. The molecule has 0 aliphatic heterocycles. The van der Waals surface area contributed by atoms with E-state index in [-0.39, 0.29) is 0 Å². The van der Waals surface area contributed by atoms with Crippen LogP contribution < -0.4 is 0 Å². The van der Waals surface area contributed by atoms with E-state index in [1.54, 1.807) is 0 Å². The molecule has 0 radical (unpaired) electrons. The van der Waals surface area contributed by atoms with Crippen LogP contribution in [-0.4, -0.2) is 0 Å². The molecule has 0 unspecified atom stereocenters. The van der Waals surface area contributed by atoms with Crippen molar-refractivity contribution < 1.29 is 0 Å². The topological polar surface area (TPSA) is 0 Å². The third-order valence-electron chi connectivity index (χ3n) is 6.32. The zero-order valence-electron chi connectivity index (χ0n) is 10.8. The van der Waals surface area contributed by atoms with Gasteiger partial charge in [0.1, 0.15) is 0 Å². The molecule has 0 bridgehead atoms. The minimum Gasteiger partial charge on any atom is -0.0622 e. The molecule has 0 heteroatoms. The zero-order chi connectivity index (χ0) is 10.8. The molecule has 3 rings (SSSR count). The highest BCUT2D eigenvalue weighted by molar-refractivity contribution is 5.12. The van der Waals surface area contributed by atoms with E-state index in [0.29, 0.717) is 5.41 Å². The zero-order valence-corrected chi connectivity index (χ0v) is 10.8. The van der Waals surface area contributed by atoms with Gasteiger partial charge >= 0.3 is 0 Å². The van der Waals surface area contributed by atoms with Crippen LogP contribution in [0.1, 0.15) is 53.4 Å². The summed E-state index contributed by atoms with van der Waals surface area (Å²) in [6.07, 6.45) is 6.09. The predicted molar refractivity (Wildman–Crippen MR) is 64.5 cm³/mol. The quantitative estimate of drug-likeness (QED) is 0.553. The van der Waals surface area contributed by atoms with E-state index >= 15 is 0 Å². The van der Waals surface area contributed by atoms with Crippen LogP contribution in [0, 0.1) is 40.9 Å². The highest BCUT2D eigenvalue weighted by Gasteiger charge is 2.64. The molecule has 0 spiro atoms. The monoisotopic (exact) mass is 206 g/mol. The van der Waals surface area contributed by atoms with Crippen LogP contribution in [0.15, 0.2) is 0 Å². The van der Waals surface area contributed by atoms with E-state index in [1.807, 2.05) is 0 Å². The number of hydrogen-bond acceptors (Lipinski definition) is 0. The van der Waals surface area contributed by atoms with Crippen molar-refractivity contribution in [2.45, 2.75) is 53.4 Å². The molecule has 3 aliphatic carbocycles. The number of hydrogen-bond donors (Lipinski definition) is 0. The van der Waals surface area contributed by atoms with Gasteiger partial charge in [-0.2, -0.15) is 0 Å². The third kappa shape index (κ3) is 1.26. The Hall–Kier alpha value is 0. The normalized spacial score (nSPS) is 56.8. The molecule has 0 aromatic carbocycles. The highest BCUT2D eigenvalue weighted by Crippen LogP contribution is 2.70. The number of fused-ring (bicyclic) bond motifs is 3. The molecule has 6 atom stereocenters. The molecule has 0 saturated heterocycles. The van der Waals surface area contributed by atoms with E-state index < -0.39 is 0 Å². The first-order valence-corrected chi connectivity index (χ1v) is 7.03. The van der Waals surface area contributed by atoms with Gasteiger partial charge in [-0.1, -0.05) is 40.5 Å². The van der Waals surface area contributed by atoms with Gasteiger partial charge in [0.25, 0.3) is 0 Å². The van der Waals surface area contributed by atoms with E-state index in [0.717, 1.165) is 35.5 Å². The van der Waals surface area contributed by atoms with Gasteiger partial charge in [0.15, 0.2) is 0 Å². The fourth-order valence-electron chi connectivity index (χ4n) is 5.31. The van der Waals surface area contributed by atoms with Crippen LogP contribution in [0.3, 0.4) is 0 Å². The summed E-state index contributed by atoms with van der Waals surface area (Å²) in [6, 6.07) is 0. The van der Waals surface area contributed by atoms with Gasteiger partial charge < -0.3 is 0 Å². The lowest BCUT2D eigenvalue weighted by Crippen LogP contribution is -2.22. The van der Waals surface area contributed by atoms with Crippen molar-refractivity contribution in [3.63, 3.8) is 0 Å². The lowest BCUT2D eigenvalue weighted by molar-refractivity contribution is 0.202. The van der Waals surface area contributed by atoms with Gasteiger partial charge in [0.05, 0.1) is 0 Å². The smallest absolute Gasteiger partial charge is 0.0289 e. The van der Waals surface area contributed by atoms with Gasteiger partial charge in [0, 0.05) is 0 Å². The molecule has 3 aliphatic rings. The largest absolute Gasteiger partial charge is 0.0622 e. The maximum atomic E-state index is 2.53. The summed E-state index contributed by atoms with van der Waals surface area (Å²) < 4.78 is 0. The van der Waals surface area contributed by atoms with Crippen LogP contribution in [0.25, 0.3) is 0 Å². The minimum atomic E-state index is 0.696. The molecule has 0 nitrogen and oxygen atoms in total. The van der Waals surface area contributed by atoms with Crippen molar-refractivity contribution in [1.29, 1.82) is 0 Å². The second kappa shape index (κ2) is 3.02. The molecule has 0 N–H and O–H groups in total. The number of rotatable bonds is 0. The summed E-state index contributed by atoms with van der Waals surface area (Å²) in [6.45, 7) is 10.1. The highest BCUT2D eigenvalue weighted by atomic mass is 14.7. The van der Waals surface area contributed by atoms with Crippen LogP contribution in [0.2, 0.25) is 0 Å². The molecule has 0 aromatic heterocycles. The Kier molecular flexibility index (Phi) is 2.05. The van der Waals surface area contributed by atoms with Crippen molar-refractivity contribution in [3.05, 3.63) is 0 Å². The SMILES string of the molecule is C[C@@H]1CC[C@@H]2[C@H]([C@H]3[C@H]1CC[C@H]3C)C2(C)C. The first-order valence-electron chi connectivity index (χ1n) is 7.03. The van der Waals surface area contributed by atoms with Crippen molar-refractivity contribution >= 4 is 0 Å². The van der Waals surface area contributed by atoms with Gasteiger partial charge in [-0.05, 0) is 53.8 Å². The first-order chi connectivity index (χ1) is 7.03.